The second kappa shape index (κ2) is 5.50. The van der Waals surface area contributed by atoms with Crippen molar-refractivity contribution in [1.29, 1.82) is 0 Å². The molecule has 5 nitrogen and oxygen atoms in total. The van der Waals surface area contributed by atoms with Gasteiger partial charge in [-0.05, 0) is 13.3 Å². The standard InChI is InChI=1S/C10H18N4O/c1-4-8(15)6-12-10-5-9(11-3)13-7(2)14-10/h5,8,15H,4,6H2,1-3H3,(H2,11,12,13,14). The number of nitrogens with one attached hydrogen (secondary N) is 2. The van der Waals surface area contributed by atoms with Crippen LogP contribution < -0.4 is 10.6 Å². The summed E-state index contributed by atoms with van der Waals surface area (Å²) in [7, 11) is 1.81. The highest BCUT2D eigenvalue weighted by Gasteiger charge is 2.03. The van der Waals surface area contributed by atoms with Gasteiger partial charge >= 0.3 is 0 Å². The van der Waals surface area contributed by atoms with Gasteiger partial charge in [-0.2, -0.15) is 0 Å². The quantitative estimate of drug-likeness (QED) is 0.676. The van der Waals surface area contributed by atoms with E-state index in [1.54, 1.807) is 0 Å². The summed E-state index contributed by atoms with van der Waals surface area (Å²) in [6.07, 6.45) is 0.397. The average molecular weight is 210 g/mol. The lowest BCUT2D eigenvalue weighted by molar-refractivity contribution is 0.183. The molecule has 84 valence electrons. The molecule has 0 amide bonds. The highest BCUT2D eigenvalue weighted by Crippen LogP contribution is 2.10. The highest BCUT2D eigenvalue weighted by molar-refractivity contribution is 5.47. The van der Waals surface area contributed by atoms with E-state index in [4.69, 9.17) is 0 Å². The first-order valence-electron chi connectivity index (χ1n) is 5.11. The van der Waals surface area contributed by atoms with Crippen LogP contribution in [0.2, 0.25) is 0 Å². The third-order valence-electron chi connectivity index (χ3n) is 2.08. The molecule has 1 heterocycles. The highest BCUT2D eigenvalue weighted by atomic mass is 16.3. The first kappa shape index (κ1) is 11.7. The molecule has 0 fully saturated rings. The zero-order valence-corrected chi connectivity index (χ0v) is 9.41. The smallest absolute Gasteiger partial charge is 0.131 e. The minimum atomic E-state index is -0.335. The van der Waals surface area contributed by atoms with E-state index in [1.165, 1.54) is 0 Å². The average Bonchev–Trinajstić information content (AvgIpc) is 2.25. The van der Waals surface area contributed by atoms with Crippen LogP contribution >= 0.6 is 0 Å². The number of aliphatic hydroxyl groups excluding tert-OH is 1. The van der Waals surface area contributed by atoms with E-state index in [2.05, 4.69) is 20.6 Å². The number of rotatable bonds is 5. The van der Waals surface area contributed by atoms with Crippen LogP contribution in [0.4, 0.5) is 11.6 Å². The summed E-state index contributed by atoms with van der Waals surface area (Å²) in [6.45, 7) is 4.29. The van der Waals surface area contributed by atoms with Crippen LogP contribution in [-0.4, -0.2) is 34.8 Å². The van der Waals surface area contributed by atoms with Crippen LogP contribution in [0.1, 0.15) is 19.2 Å². The first-order chi connectivity index (χ1) is 7.15. The molecular weight excluding hydrogens is 192 g/mol. The third kappa shape index (κ3) is 3.71. The summed E-state index contributed by atoms with van der Waals surface area (Å²) >= 11 is 0. The number of aliphatic hydroxyl groups is 1. The Balaban J connectivity index is 2.64. The molecule has 1 rings (SSSR count). The van der Waals surface area contributed by atoms with Gasteiger partial charge in [-0.25, -0.2) is 9.97 Å². The zero-order chi connectivity index (χ0) is 11.3. The summed E-state index contributed by atoms with van der Waals surface area (Å²) < 4.78 is 0. The van der Waals surface area contributed by atoms with Gasteiger partial charge in [-0.1, -0.05) is 6.92 Å². The molecule has 1 aromatic heterocycles. The maximum atomic E-state index is 9.39. The summed E-state index contributed by atoms with van der Waals surface area (Å²) in [5.41, 5.74) is 0. The number of aryl methyl sites for hydroxylation is 1. The van der Waals surface area contributed by atoms with Crippen molar-refractivity contribution in [2.75, 3.05) is 24.2 Å². The van der Waals surface area contributed by atoms with Crippen LogP contribution in [0.25, 0.3) is 0 Å². The third-order valence-corrected chi connectivity index (χ3v) is 2.08. The van der Waals surface area contributed by atoms with Crippen LogP contribution in [0.3, 0.4) is 0 Å². The van der Waals surface area contributed by atoms with Crippen molar-refractivity contribution in [3.05, 3.63) is 11.9 Å². The van der Waals surface area contributed by atoms with Crippen LogP contribution in [0.5, 0.6) is 0 Å². The van der Waals surface area contributed by atoms with E-state index < -0.39 is 0 Å². The number of aromatic nitrogens is 2. The van der Waals surface area contributed by atoms with Crippen molar-refractivity contribution >= 4 is 11.6 Å². The molecule has 0 aromatic carbocycles. The Kier molecular flexibility index (Phi) is 4.30. The summed E-state index contributed by atoms with van der Waals surface area (Å²) in [6, 6.07) is 1.81. The van der Waals surface area contributed by atoms with Crippen molar-refractivity contribution in [3.8, 4) is 0 Å². The summed E-state index contributed by atoms with van der Waals surface area (Å²) in [4.78, 5) is 8.39. The number of hydrogen-bond donors (Lipinski definition) is 3. The molecule has 1 atom stereocenters. The zero-order valence-electron chi connectivity index (χ0n) is 9.41. The van der Waals surface area contributed by atoms with Gasteiger partial charge in [0.15, 0.2) is 0 Å². The van der Waals surface area contributed by atoms with E-state index in [0.717, 1.165) is 18.1 Å². The fraction of sp³-hybridized carbons (Fsp3) is 0.600. The van der Waals surface area contributed by atoms with E-state index in [0.29, 0.717) is 12.4 Å². The molecule has 0 spiro atoms. The van der Waals surface area contributed by atoms with Gasteiger partial charge in [-0.15, -0.1) is 0 Å². The van der Waals surface area contributed by atoms with E-state index in [9.17, 15) is 5.11 Å². The topological polar surface area (TPSA) is 70.1 Å². The predicted molar refractivity (Wildman–Crippen MR) is 61.1 cm³/mol. The molecule has 1 unspecified atom stereocenters. The second-order valence-corrected chi connectivity index (χ2v) is 3.38. The predicted octanol–water partition coefficient (Wildman–Crippen LogP) is 1.01. The second-order valence-electron chi connectivity index (χ2n) is 3.38. The molecule has 1 aromatic rings. The van der Waals surface area contributed by atoms with Gasteiger partial charge in [0.05, 0.1) is 6.10 Å². The Morgan fingerprint density at radius 1 is 1.40 bits per heavy atom. The van der Waals surface area contributed by atoms with E-state index in [1.807, 2.05) is 27.0 Å². The summed E-state index contributed by atoms with van der Waals surface area (Å²) in [5, 5.41) is 15.4. The lowest BCUT2D eigenvalue weighted by Crippen LogP contribution is -2.19. The molecule has 0 bridgehead atoms. The minimum absolute atomic E-state index is 0.335. The Morgan fingerprint density at radius 3 is 2.67 bits per heavy atom. The molecule has 5 heteroatoms. The normalized spacial score (nSPS) is 12.3. The maximum Gasteiger partial charge on any atom is 0.131 e. The Labute approximate surface area is 90.0 Å². The Bertz CT molecular complexity index is 316. The van der Waals surface area contributed by atoms with Crippen molar-refractivity contribution in [1.82, 2.24) is 9.97 Å². The molecule has 15 heavy (non-hydrogen) atoms. The molecule has 3 N–H and O–H groups in total. The lowest BCUT2D eigenvalue weighted by atomic mass is 10.3. The number of hydrogen-bond acceptors (Lipinski definition) is 5. The van der Waals surface area contributed by atoms with Crippen LogP contribution in [0.15, 0.2) is 6.07 Å². The van der Waals surface area contributed by atoms with Gasteiger partial charge in [0.25, 0.3) is 0 Å². The maximum absolute atomic E-state index is 9.39. The molecule has 0 aliphatic rings. The molecule has 0 aliphatic carbocycles. The molecule has 0 saturated heterocycles. The number of anilines is 2. The Morgan fingerprint density at radius 2 is 2.07 bits per heavy atom. The van der Waals surface area contributed by atoms with Gasteiger partial charge in [0.2, 0.25) is 0 Å². The molecule has 0 radical (unpaired) electrons. The molecule has 0 aliphatic heterocycles. The van der Waals surface area contributed by atoms with E-state index >= 15 is 0 Å². The van der Waals surface area contributed by atoms with Gasteiger partial charge < -0.3 is 15.7 Å². The fourth-order valence-corrected chi connectivity index (χ4v) is 1.15. The molecule has 0 saturated carbocycles. The van der Waals surface area contributed by atoms with Crippen LogP contribution in [0, 0.1) is 6.92 Å². The fourth-order valence-electron chi connectivity index (χ4n) is 1.15. The van der Waals surface area contributed by atoms with Crippen molar-refractivity contribution in [3.63, 3.8) is 0 Å². The monoisotopic (exact) mass is 210 g/mol. The van der Waals surface area contributed by atoms with Crippen molar-refractivity contribution < 1.29 is 5.11 Å². The van der Waals surface area contributed by atoms with Gasteiger partial charge in [-0.3, -0.25) is 0 Å². The first-order valence-corrected chi connectivity index (χ1v) is 5.11. The van der Waals surface area contributed by atoms with Crippen molar-refractivity contribution in [2.24, 2.45) is 0 Å². The minimum Gasteiger partial charge on any atom is -0.391 e. The van der Waals surface area contributed by atoms with Gasteiger partial charge in [0.1, 0.15) is 17.5 Å². The van der Waals surface area contributed by atoms with Crippen LogP contribution in [-0.2, 0) is 0 Å². The van der Waals surface area contributed by atoms with Gasteiger partial charge in [0, 0.05) is 19.7 Å². The largest absolute Gasteiger partial charge is 0.391 e. The lowest BCUT2D eigenvalue weighted by Gasteiger charge is -2.11. The van der Waals surface area contributed by atoms with E-state index in [-0.39, 0.29) is 6.10 Å². The number of nitrogens with zero attached hydrogens (tertiary/aromatic N) is 2. The molecular formula is C10H18N4O. The van der Waals surface area contributed by atoms with Crippen molar-refractivity contribution in [2.45, 2.75) is 26.4 Å². The summed E-state index contributed by atoms with van der Waals surface area (Å²) in [5.74, 6) is 2.21. The Hall–Kier alpha value is -1.36. The SMILES string of the molecule is CCC(O)CNc1cc(NC)nc(C)n1.